The molecule has 0 spiro atoms. The molecule has 0 amide bonds. The van der Waals surface area contributed by atoms with Crippen LogP contribution >= 0.6 is 0 Å². The molecule has 20 heavy (non-hydrogen) atoms. The topological polar surface area (TPSA) is 37.3 Å². The fraction of sp³-hybridized carbons (Fsp3) is 0.0556. The summed E-state index contributed by atoms with van der Waals surface area (Å²) in [5.41, 5.74) is 1.22. The van der Waals surface area contributed by atoms with E-state index in [4.69, 9.17) is 0 Å². The number of carboxylic acid groups (broad SMARTS) is 1. The molecule has 96 valence electrons. The summed E-state index contributed by atoms with van der Waals surface area (Å²) in [5.74, 6) is -0.861. The maximum atomic E-state index is 11.6. The van der Waals surface area contributed by atoms with E-state index in [-0.39, 0.29) is 0 Å². The normalized spacial score (nSPS) is 11.7. The Morgan fingerprint density at radius 3 is 2.25 bits per heavy atom. The Labute approximate surface area is 115 Å². The van der Waals surface area contributed by atoms with Crippen LogP contribution in [0.5, 0.6) is 0 Å². The Hall–Kier alpha value is -2.61. The average Bonchev–Trinajstić information content (AvgIpc) is 2.43. The number of carboxylic acids is 1. The zero-order chi connectivity index (χ0) is 13.9. The van der Waals surface area contributed by atoms with Crippen molar-refractivity contribution in [2.45, 2.75) is 6.92 Å². The molecule has 0 aliphatic rings. The molecule has 0 heterocycles. The summed E-state index contributed by atoms with van der Waals surface area (Å²) in [5, 5.41) is 16.0. The van der Waals surface area contributed by atoms with Gasteiger partial charge in [-0.15, -0.1) is 0 Å². The van der Waals surface area contributed by atoms with E-state index in [0.717, 1.165) is 37.9 Å². The third kappa shape index (κ3) is 1.31. The Morgan fingerprint density at radius 1 is 0.900 bits per heavy atom. The number of benzene rings is 4. The molecule has 0 aromatic heterocycles. The lowest BCUT2D eigenvalue weighted by atomic mass is 9.90. The Morgan fingerprint density at radius 2 is 1.55 bits per heavy atom. The molecule has 0 unspecified atom stereocenters. The summed E-state index contributed by atoms with van der Waals surface area (Å²) in [4.78, 5) is 11.6. The maximum absolute atomic E-state index is 11.6. The van der Waals surface area contributed by atoms with Gasteiger partial charge in [-0.25, -0.2) is 4.79 Å². The quantitative estimate of drug-likeness (QED) is 0.508. The molecule has 0 radical (unpaired) electrons. The van der Waals surface area contributed by atoms with E-state index in [1.54, 1.807) is 0 Å². The lowest BCUT2D eigenvalue weighted by Crippen LogP contribution is -2.01. The predicted octanol–water partition coefficient (Wildman–Crippen LogP) is 4.59. The van der Waals surface area contributed by atoms with Crippen molar-refractivity contribution in [2.75, 3.05) is 0 Å². The van der Waals surface area contributed by atoms with Gasteiger partial charge in [0.2, 0.25) is 0 Å². The largest absolute Gasteiger partial charge is 0.478 e. The zero-order valence-corrected chi connectivity index (χ0v) is 11.0. The van der Waals surface area contributed by atoms with Crippen molar-refractivity contribution < 1.29 is 9.90 Å². The minimum atomic E-state index is -0.861. The maximum Gasteiger partial charge on any atom is 0.336 e. The molecule has 2 nitrogen and oxygen atoms in total. The van der Waals surface area contributed by atoms with Crippen LogP contribution in [-0.2, 0) is 0 Å². The molecule has 0 aliphatic heterocycles. The van der Waals surface area contributed by atoms with Gasteiger partial charge in [0.05, 0.1) is 5.56 Å². The Bertz CT molecular complexity index is 967. The fourth-order valence-electron chi connectivity index (χ4n) is 3.24. The molecule has 0 atom stereocenters. The van der Waals surface area contributed by atoms with Gasteiger partial charge in [-0.05, 0) is 44.8 Å². The van der Waals surface area contributed by atoms with Gasteiger partial charge >= 0.3 is 5.97 Å². The second-order valence-electron chi connectivity index (χ2n) is 5.23. The summed E-state index contributed by atoms with van der Waals surface area (Å²) < 4.78 is 0. The van der Waals surface area contributed by atoms with Gasteiger partial charge in [-0.1, -0.05) is 48.5 Å². The fourth-order valence-corrected chi connectivity index (χ4v) is 3.24. The van der Waals surface area contributed by atoms with Gasteiger partial charge in [-0.2, -0.15) is 0 Å². The van der Waals surface area contributed by atoms with Crippen LogP contribution in [0.2, 0.25) is 0 Å². The minimum absolute atomic E-state index is 0.413. The highest BCUT2D eigenvalue weighted by atomic mass is 16.4. The predicted molar refractivity (Wildman–Crippen MR) is 81.8 cm³/mol. The van der Waals surface area contributed by atoms with E-state index in [2.05, 4.69) is 24.3 Å². The lowest BCUT2D eigenvalue weighted by Gasteiger charge is -2.14. The van der Waals surface area contributed by atoms with Crippen LogP contribution in [0.1, 0.15) is 15.9 Å². The smallest absolute Gasteiger partial charge is 0.336 e. The monoisotopic (exact) mass is 260 g/mol. The number of rotatable bonds is 1. The van der Waals surface area contributed by atoms with Crippen LogP contribution in [-0.4, -0.2) is 11.1 Å². The molecule has 2 heteroatoms. The van der Waals surface area contributed by atoms with E-state index in [0.29, 0.717) is 5.56 Å². The first-order chi connectivity index (χ1) is 9.66. The standard InChI is InChI=1S/C18H12O2/c1-10-9-13-6-5-11-3-2-4-12-7-8-14(15(10)18(19)20)17(13)16(11)12/h2-9H,1H3,(H,19,20). The summed E-state index contributed by atoms with van der Waals surface area (Å²) in [6, 6.07) is 16.3. The van der Waals surface area contributed by atoms with Crippen LogP contribution in [0.15, 0.2) is 48.5 Å². The Kier molecular flexibility index (Phi) is 2.08. The number of hydrogen-bond acceptors (Lipinski definition) is 1. The molecular formula is C18H12O2. The van der Waals surface area contributed by atoms with Crippen molar-refractivity contribution in [2.24, 2.45) is 0 Å². The SMILES string of the molecule is Cc1cc2ccc3cccc4ccc(c1C(=O)O)c2c34. The van der Waals surface area contributed by atoms with Crippen molar-refractivity contribution in [1.29, 1.82) is 0 Å². The van der Waals surface area contributed by atoms with E-state index in [1.165, 1.54) is 0 Å². The second-order valence-corrected chi connectivity index (χ2v) is 5.23. The van der Waals surface area contributed by atoms with Crippen molar-refractivity contribution in [3.63, 3.8) is 0 Å². The van der Waals surface area contributed by atoms with Gasteiger partial charge in [0.25, 0.3) is 0 Å². The summed E-state index contributed by atoms with van der Waals surface area (Å²) >= 11 is 0. The molecule has 4 aromatic rings. The van der Waals surface area contributed by atoms with Crippen molar-refractivity contribution in [3.05, 3.63) is 59.7 Å². The molecule has 0 aliphatic carbocycles. The molecule has 0 saturated heterocycles. The summed E-state index contributed by atoms with van der Waals surface area (Å²) in [6.45, 7) is 1.86. The van der Waals surface area contributed by atoms with Crippen LogP contribution in [0.25, 0.3) is 32.3 Å². The van der Waals surface area contributed by atoms with Gasteiger partial charge in [-0.3, -0.25) is 0 Å². The van der Waals surface area contributed by atoms with Crippen LogP contribution in [0, 0.1) is 6.92 Å². The van der Waals surface area contributed by atoms with E-state index in [9.17, 15) is 9.90 Å². The first-order valence-corrected chi connectivity index (χ1v) is 6.57. The van der Waals surface area contributed by atoms with Gasteiger partial charge in [0, 0.05) is 0 Å². The van der Waals surface area contributed by atoms with Gasteiger partial charge in [0.15, 0.2) is 0 Å². The van der Waals surface area contributed by atoms with E-state index >= 15 is 0 Å². The third-order valence-electron chi connectivity index (χ3n) is 4.06. The van der Waals surface area contributed by atoms with E-state index < -0.39 is 5.97 Å². The molecule has 4 aromatic carbocycles. The molecule has 0 fully saturated rings. The van der Waals surface area contributed by atoms with Crippen molar-refractivity contribution >= 4 is 38.3 Å². The molecular weight excluding hydrogens is 248 g/mol. The van der Waals surface area contributed by atoms with Crippen molar-refractivity contribution in [1.82, 2.24) is 0 Å². The highest BCUT2D eigenvalue weighted by molar-refractivity contribution is 6.26. The molecule has 4 rings (SSSR count). The van der Waals surface area contributed by atoms with Crippen LogP contribution in [0.3, 0.4) is 0 Å². The molecule has 0 bridgehead atoms. The number of aryl methyl sites for hydroxylation is 1. The lowest BCUT2D eigenvalue weighted by molar-refractivity contribution is 0.0698. The van der Waals surface area contributed by atoms with Gasteiger partial charge in [0.1, 0.15) is 0 Å². The summed E-state index contributed by atoms with van der Waals surface area (Å²) in [6.07, 6.45) is 0. The highest BCUT2D eigenvalue weighted by Gasteiger charge is 2.16. The molecule has 0 saturated carbocycles. The third-order valence-corrected chi connectivity index (χ3v) is 4.06. The average molecular weight is 260 g/mol. The summed E-state index contributed by atoms with van der Waals surface area (Å²) in [7, 11) is 0. The first-order valence-electron chi connectivity index (χ1n) is 6.57. The Balaban J connectivity index is 2.39. The first kappa shape index (κ1) is 11.2. The van der Waals surface area contributed by atoms with Crippen LogP contribution in [0.4, 0.5) is 0 Å². The zero-order valence-electron chi connectivity index (χ0n) is 11.0. The molecule has 1 N–H and O–H groups in total. The van der Waals surface area contributed by atoms with Crippen LogP contribution < -0.4 is 0 Å². The highest BCUT2D eigenvalue weighted by Crippen LogP contribution is 2.37. The van der Waals surface area contributed by atoms with Crippen molar-refractivity contribution in [3.8, 4) is 0 Å². The number of carbonyl (C=O) groups is 1. The van der Waals surface area contributed by atoms with Gasteiger partial charge < -0.3 is 5.11 Å². The minimum Gasteiger partial charge on any atom is -0.478 e. The second kappa shape index (κ2) is 3.70. The number of hydrogen-bond donors (Lipinski definition) is 1. The number of aromatic carboxylic acids is 1. The van der Waals surface area contributed by atoms with E-state index in [1.807, 2.05) is 31.2 Å².